The number of rotatable bonds is 3. The van der Waals surface area contributed by atoms with Gasteiger partial charge in [0.25, 0.3) is 0 Å². The molecule has 1 atom stereocenters. The van der Waals surface area contributed by atoms with Crippen LogP contribution in [-0.2, 0) is 19.0 Å². The van der Waals surface area contributed by atoms with E-state index in [9.17, 15) is 4.79 Å². The second kappa shape index (κ2) is 3.19. The summed E-state index contributed by atoms with van der Waals surface area (Å²) in [6.07, 6.45) is -0.147. The molecular weight excluding hydrogens is 148 g/mol. The van der Waals surface area contributed by atoms with Gasteiger partial charge in [-0.3, -0.25) is 0 Å². The molecule has 0 amide bonds. The number of ether oxygens (including phenoxy) is 3. The molecule has 1 aliphatic rings. The Bertz CT molecular complexity index is 143. The SMILES string of the molecule is CC1(C)OCC(CO[C]=O)O1. The Morgan fingerprint density at radius 1 is 1.73 bits per heavy atom. The summed E-state index contributed by atoms with van der Waals surface area (Å²) in [5.41, 5.74) is 0. The summed E-state index contributed by atoms with van der Waals surface area (Å²) < 4.78 is 14.9. The molecule has 63 valence electrons. The fraction of sp³-hybridized carbons (Fsp3) is 0.857. The minimum absolute atomic E-state index is 0.147. The summed E-state index contributed by atoms with van der Waals surface area (Å²) in [5, 5.41) is 0. The van der Waals surface area contributed by atoms with Crippen molar-refractivity contribution < 1.29 is 19.0 Å². The van der Waals surface area contributed by atoms with Crippen molar-refractivity contribution in [2.45, 2.75) is 25.7 Å². The highest BCUT2D eigenvalue weighted by molar-refractivity contribution is 5.38. The molecule has 1 fully saturated rings. The molecule has 0 aromatic rings. The third kappa shape index (κ3) is 2.48. The Morgan fingerprint density at radius 3 is 2.91 bits per heavy atom. The Kier molecular flexibility index (Phi) is 2.46. The van der Waals surface area contributed by atoms with Crippen molar-refractivity contribution in [3.63, 3.8) is 0 Å². The Labute approximate surface area is 65.4 Å². The van der Waals surface area contributed by atoms with E-state index in [0.29, 0.717) is 6.61 Å². The van der Waals surface area contributed by atoms with E-state index in [4.69, 9.17) is 9.47 Å². The van der Waals surface area contributed by atoms with Gasteiger partial charge < -0.3 is 14.2 Å². The van der Waals surface area contributed by atoms with Gasteiger partial charge in [-0.05, 0) is 13.8 Å². The van der Waals surface area contributed by atoms with Crippen LogP contribution in [0.25, 0.3) is 0 Å². The molecule has 0 aromatic heterocycles. The smallest absolute Gasteiger partial charge is 0.417 e. The van der Waals surface area contributed by atoms with Gasteiger partial charge in [-0.1, -0.05) is 0 Å². The molecule has 1 unspecified atom stereocenters. The fourth-order valence-corrected chi connectivity index (χ4v) is 0.972. The van der Waals surface area contributed by atoms with Crippen molar-refractivity contribution in [2.24, 2.45) is 0 Å². The van der Waals surface area contributed by atoms with E-state index >= 15 is 0 Å². The van der Waals surface area contributed by atoms with Crippen LogP contribution in [0.15, 0.2) is 0 Å². The average molecular weight is 159 g/mol. The summed E-state index contributed by atoms with van der Waals surface area (Å²) in [5.74, 6) is -0.545. The van der Waals surface area contributed by atoms with Crippen molar-refractivity contribution in [3.05, 3.63) is 0 Å². The second-order valence-electron chi connectivity index (χ2n) is 2.85. The summed E-state index contributed by atoms with van der Waals surface area (Å²) in [7, 11) is 0. The topological polar surface area (TPSA) is 44.8 Å². The highest BCUT2D eigenvalue weighted by atomic mass is 16.7. The molecule has 0 bridgehead atoms. The fourth-order valence-electron chi connectivity index (χ4n) is 0.972. The molecule has 1 aliphatic heterocycles. The predicted molar refractivity (Wildman–Crippen MR) is 36.5 cm³/mol. The van der Waals surface area contributed by atoms with Crippen molar-refractivity contribution in [1.82, 2.24) is 0 Å². The van der Waals surface area contributed by atoms with E-state index < -0.39 is 5.79 Å². The summed E-state index contributed by atoms with van der Waals surface area (Å²) in [4.78, 5) is 9.68. The highest BCUT2D eigenvalue weighted by Crippen LogP contribution is 2.21. The van der Waals surface area contributed by atoms with Crippen LogP contribution in [0.5, 0.6) is 0 Å². The molecule has 0 aromatic carbocycles. The van der Waals surface area contributed by atoms with Crippen LogP contribution < -0.4 is 0 Å². The standard InChI is InChI=1S/C7H11O4/c1-7(2)10-4-6(11-7)3-9-5-8/h6H,3-4H2,1-2H3. The lowest BCUT2D eigenvalue weighted by Gasteiger charge is -2.16. The van der Waals surface area contributed by atoms with Gasteiger partial charge in [0.15, 0.2) is 5.79 Å². The molecule has 1 radical (unpaired) electrons. The lowest BCUT2D eigenvalue weighted by molar-refractivity contribution is -0.141. The largest absolute Gasteiger partial charge is 0.454 e. The van der Waals surface area contributed by atoms with Gasteiger partial charge in [-0.25, -0.2) is 4.79 Å². The molecule has 1 saturated heterocycles. The third-order valence-electron chi connectivity index (χ3n) is 1.40. The Hall–Kier alpha value is -0.610. The van der Waals surface area contributed by atoms with E-state index in [1.807, 2.05) is 13.8 Å². The van der Waals surface area contributed by atoms with E-state index in [1.54, 1.807) is 0 Å². The quantitative estimate of drug-likeness (QED) is 0.591. The third-order valence-corrected chi connectivity index (χ3v) is 1.40. The van der Waals surface area contributed by atoms with Gasteiger partial charge in [0.1, 0.15) is 12.7 Å². The van der Waals surface area contributed by atoms with Crippen molar-refractivity contribution >= 4 is 6.47 Å². The van der Waals surface area contributed by atoms with Crippen molar-refractivity contribution in [2.75, 3.05) is 13.2 Å². The summed E-state index contributed by atoms with van der Waals surface area (Å²) in [6, 6.07) is 0. The average Bonchev–Trinajstić information content (AvgIpc) is 2.26. The first-order valence-corrected chi connectivity index (χ1v) is 3.45. The van der Waals surface area contributed by atoms with Gasteiger partial charge in [-0.15, -0.1) is 0 Å². The zero-order valence-electron chi connectivity index (χ0n) is 6.62. The predicted octanol–water partition coefficient (Wildman–Crippen LogP) is 0.222. The van der Waals surface area contributed by atoms with Gasteiger partial charge in [0.05, 0.1) is 6.61 Å². The molecule has 0 N–H and O–H groups in total. The number of hydrogen-bond acceptors (Lipinski definition) is 4. The monoisotopic (exact) mass is 159 g/mol. The Balaban J connectivity index is 2.24. The first-order valence-electron chi connectivity index (χ1n) is 3.45. The minimum Gasteiger partial charge on any atom is -0.454 e. The van der Waals surface area contributed by atoms with Crippen LogP contribution in [0.4, 0.5) is 0 Å². The van der Waals surface area contributed by atoms with E-state index in [2.05, 4.69) is 4.74 Å². The van der Waals surface area contributed by atoms with Crippen LogP contribution in [-0.4, -0.2) is 31.6 Å². The van der Waals surface area contributed by atoms with Crippen molar-refractivity contribution in [3.8, 4) is 0 Å². The van der Waals surface area contributed by atoms with Crippen LogP contribution in [0.3, 0.4) is 0 Å². The zero-order chi connectivity index (χ0) is 8.32. The normalized spacial score (nSPS) is 28.4. The van der Waals surface area contributed by atoms with Crippen LogP contribution in [0.1, 0.15) is 13.8 Å². The maximum atomic E-state index is 9.68. The Morgan fingerprint density at radius 2 is 2.45 bits per heavy atom. The van der Waals surface area contributed by atoms with Crippen LogP contribution in [0.2, 0.25) is 0 Å². The molecule has 1 rings (SSSR count). The molecule has 0 saturated carbocycles. The summed E-state index contributed by atoms with van der Waals surface area (Å²) in [6.45, 7) is 5.65. The van der Waals surface area contributed by atoms with E-state index in [0.717, 1.165) is 0 Å². The van der Waals surface area contributed by atoms with E-state index in [-0.39, 0.29) is 12.7 Å². The first-order chi connectivity index (χ1) is 5.14. The zero-order valence-corrected chi connectivity index (χ0v) is 6.62. The lowest BCUT2D eigenvalue weighted by atomic mass is 10.4. The maximum Gasteiger partial charge on any atom is 0.417 e. The maximum absolute atomic E-state index is 9.68. The van der Waals surface area contributed by atoms with Crippen LogP contribution >= 0.6 is 0 Å². The molecule has 0 aliphatic carbocycles. The highest BCUT2D eigenvalue weighted by Gasteiger charge is 2.32. The molecule has 0 spiro atoms. The molecule has 1 heterocycles. The number of hydrogen-bond donors (Lipinski definition) is 0. The first kappa shape index (κ1) is 8.49. The van der Waals surface area contributed by atoms with E-state index in [1.165, 1.54) is 6.47 Å². The second-order valence-corrected chi connectivity index (χ2v) is 2.85. The van der Waals surface area contributed by atoms with Gasteiger partial charge in [0, 0.05) is 0 Å². The molecule has 4 nitrogen and oxygen atoms in total. The van der Waals surface area contributed by atoms with Gasteiger partial charge in [-0.2, -0.15) is 0 Å². The lowest BCUT2D eigenvalue weighted by Crippen LogP contribution is -2.23. The molecule has 11 heavy (non-hydrogen) atoms. The minimum atomic E-state index is -0.545. The van der Waals surface area contributed by atoms with Gasteiger partial charge in [0.2, 0.25) is 0 Å². The van der Waals surface area contributed by atoms with Crippen LogP contribution in [0, 0.1) is 0 Å². The molecular formula is C7H11O4. The molecule has 4 heteroatoms. The van der Waals surface area contributed by atoms with Crippen molar-refractivity contribution in [1.29, 1.82) is 0 Å². The summed E-state index contributed by atoms with van der Waals surface area (Å²) >= 11 is 0. The van der Waals surface area contributed by atoms with Gasteiger partial charge >= 0.3 is 6.47 Å². The number of carbonyl (C=O) groups excluding carboxylic acids is 1.